The molecule has 0 unspecified atom stereocenters. The fourth-order valence-corrected chi connectivity index (χ4v) is 1.09. The average molecular weight is 158 g/mol. The summed E-state index contributed by atoms with van der Waals surface area (Å²) in [5, 5.41) is 8.69. The van der Waals surface area contributed by atoms with E-state index in [4.69, 9.17) is 9.68 Å². The lowest BCUT2D eigenvalue weighted by molar-refractivity contribution is 0.580. The predicted molar refractivity (Wildman–Crippen MR) is 43.2 cm³/mol. The lowest BCUT2D eigenvalue weighted by Gasteiger charge is -1.90. The molecule has 2 heterocycles. The highest BCUT2D eigenvalue weighted by atomic mass is 16.3. The second-order valence-electron chi connectivity index (χ2n) is 2.36. The first-order chi connectivity index (χ1) is 5.92. The van der Waals surface area contributed by atoms with Crippen molar-refractivity contribution in [2.45, 2.75) is 0 Å². The Labute approximate surface area is 69.2 Å². The number of hydrogen-bond donors (Lipinski definition) is 1. The van der Waals surface area contributed by atoms with Gasteiger partial charge in [0.2, 0.25) is 0 Å². The Balaban J connectivity index is 2.55. The van der Waals surface area contributed by atoms with Gasteiger partial charge in [-0.1, -0.05) is 0 Å². The molecule has 12 heavy (non-hydrogen) atoms. The monoisotopic (exact) mass is 158 g/mol. The van der Waals surface area contributed by atoms with Gasteiger partial charge in [0.15, 0.2) is 5.76 Å². The van der Waals surface area contributed by atoms with E-state index in [0.29, 0.717) is 11.3 Å². The van der Waals surface area contributed by atoms with E-state index < -0.39 is 0 Å². The van der Waals surface area contributed by atoms with E-state index >= 15 is 0 Å². The third kappa shape index (κ3) is 0.903. The van der Waals surface area contributed by atoms with Crippen LogP contribution in [-0.4, -0.2) is 4.98 Å². The first-order valence-electron chi connectivity index (χ1n) is 3.53. The molecule has 58 valence electrons. The summed E-state index contributed by atoms with van der Waals surface area (Å²) in [5.74, 6) is 0.691. The van der Waals surface area contributed by atoms with E-state index in [2.05, 4.69) is 11.1 Å². The number of hydrogen-bond acceptors (Lipinski definition) is 2. The first kappa shape index (κ1) is 6.74. The van der Waals surface area contributed by atoms with Crippen LogP contribution in [0.4, 0.5) is 0 Å². The Hall–Kier alpha value is -1.95. The summed E-state index contributed by atoms with van der Waals surface area (Å²) in [5.41, 5.74) is 1.34. The van der Waals surface area contributed by atoms with Crippen LogP contribution in [0.2, 0.25) is 0 Å². The highest BCUT2D eigenvalue weighted by Crippen LogP contribution is 2.21. The number of H-pyrrole nitrogens is 1. The van der Waals surface area contributed by atoms with Crippen molar-refractivity contribution in [3.8, 4) is 17.5 Å². The molecule has 0 saturated heterocycles. The van der Waals surface area contributed by atoms with E-state index in [1.54, 1.807) is 24.6 Å². The van der Waals surface area contributed by atoms with Gasteiger partial charge in [0.1, 0.15) is 6.07 Å². The molecule has 0 atom stereocenters. The molecule has 0 amide bonds. The molecule has 2 rings (SSSR count). The van der Waals surface area contributed by atoms with Crippen LogP contribution in [0, 0.1) is 11.3 Å². The van der Waals surface area contributed by atoms with Gasteiger partial charge in [-0.2, -0.15) is 5.26 Å². The van der Waals surface area contributed by atoms with Crippen molar-refractivity contribution in [1.82, 2.24) is 4.98 Å². The second kappa shape index (κ2) is 2.59. The topological polar surface area (TPSA) is 52.7 Å². The van der Waals surface area contributed by atoms with Gasteiger partial charge in [-0.3, -0.25) is 0 Å². The predicted octanol–water partition coefficient (Wildman–Crippen LogP) is 2.15. The summed E-state index contributed by atoms with van der Waals surface area (Å²) in [7, 11) is 0. The normalized spacial score (nSPS) is 9.58. The minimum atomic E-state index is 0.602. The van der Waals surface area contributed by atoms with Gasteiger partial charge < -0.3 is 9.40 Å². The number of nitriles is 1. The van der Waals surface area contributed by atoms with Crippen LogP contribution in [0.25, 0.3) is 11.5 Å². The molecule has 0 aromatic carbocycles. The van der Waals surface area contributed by atoms with Crippen LogP contribution < -0.4 is 0 Å². The standard InChI is InChI=1S/C9H6N2O/c10-6-7-3-4-11-9(7)8-2-1-5-12-8/h1-5,11H. The molecular formula is C9H6N2O. The third-order valence-corrected chi connectivity index (χ3v) is 1.64. The number of nitrogens with one attached hydrogen (secondary N) is 1. The average Bonchev–Trinajstić information content (AvgIpc) is 2.74. The molecule has 3 nitrogen and oxygen atoms in total. The van der Waals surface area contributed by atoms with Crippen LogP contribution in [0.15, 0.2) is 35.1 Å². The third-order valence-electron chi connectivity index (χ3n) is 1.64. The van der Waals surface area contributed by atoms with E-state index in [9.17, 15) is 0 Å². The quantitative estimate of drug-likeness (QED) is 0.691. The molecule has 3 heteroatoms. The fraction of sp³-hybridized carbons (Fsp3) is 0. The van der Waals surface area contributed by atoms with E-state index in [0.717, 1.165) is 5.69 Å². The summed E-state index contributed by atoms with van der Waals surface area (Å²) in [6, 6.07) is 7.39. The number of furan rings is 1. The molecule has 0 radical (unpaired) electrons. The minimum absolute atomic E-state index is 0.602. The van der Waals surface area contributed by atoms with Crippen molar-refractivity contribution in [1.29, 1.82) is 5.26 Å². The smallest absolute Gasteiger partial charge is 0.151 e. The molecule has 0 spiro atoms. The second-order valence-corrected chi connectivity index (χ2v) is 2.36. The summed E-state index contributed by atoms with van der Waals surface area (Å²) in [6.07, 6.45) is 3.30. The number of aromatic amines is 1. The maximum atomic E-state index is 8.69. The van der Waals surface area contributed by atoms with Crippen LogP contribution in [-0.2, 0) is 0 Å². The number of nitrogens with zero attached hydrogens (tertiary/aromatic N) is 1. The SMILES string of the molecule is N#Cc1cc[nH]c1-c1ccco1. The Morgan fingerprint density at radius 3 is 3.00 bits per heavy atom. The van der Waals surface area contributed by atoms with Crippen molar-refractivity contribution in [3.63, 3.8) is 0 Å². The van der Waals surface area contributed by atoms with Crippen molar-refractivity contribution in [3.05, 3.63) is 36.2 Å². The van der Waals surface area contributed by atoms with Gasteiger partial charge in [-0.25, -0.2) is 0 Å². The lowest BCUT2D eigenvalue weighted by Crippen LogP contribution is -1.76. The Bertz CT molecular complexity index is 406. The van der Waals surface area contributed by atoms with E-state index in [1.165, 1.54) is 0 Å². The maximum Gasteiger partial charge on any atom is 0.151 e. The molecule has 0 bridgehead atoms. The Kier molecular flexibility index (Phi) is 1.45. The highest BCUT2D eigenvalue weighted by Gasteiger charge is 2.06. The summed E-state index contributed by atoms with van der Waals surface area (Å²) in [4.78, 5) is 2.94. The molecule has 0 aliphatic carbocycles. The maximum absolute atomic E-state index is 8.69. The zero-order chi connectivity index (χ0) is 8.39. The first-order valence-corrected chi connectivity index (χ1v) is 3.53. The molecule has 0 aliphatic heterocycles. The molecule has 2 aromatic rings. The van der Waals surface area contributed by atoms with Crippen LogP contribution in [0.3, 0.4) is 0 Å². The molecule has 0 fully saturated rings. The van der Waals surface area contributed by atoms with Gasteiger partial charge in [-0.15, -0.1) is 0 Å². The Morgan fingerprint density at radius 2 is 2.33 bits per heavy atom. The van der Waals surface area contributed by atoms with Crippen molar-refractivity contribution in [2.24, 2.45) is 0 Å². The van der Waals surface area contributed by atoms with E-state index in [-0.39, 0.29) is 0 Å². The van der Waals surface area contributed by atoms with Crippen LogP contribution >= 0.6 is 0 Å². The number of rotatable bonds is 1. The molecule has 2 aromatic heterocycles. The Morgan fingerprint density at radius 1 is 1.42 bits per heavy atom. The van der Waals surface area contributed by atoms with Gasteiger partial charge in [0, 0.05) is 6.20 Å². The summed E-state index contributed by atoms with van der Waals surface area (Å²) < 4.78 is 5.14. The van der Waals surface area contributed by atoms with Crippen LogP contribution in [0.1, 0.15) is 5.56 Å². The van der Waals surface area contributed by atoms with Crippen molar-refractivity contribution in [2.75, 3.05) is 0 Å². The summed E-state index contributed by atoms with van der Waals surface area (Å²) in [6.45, 7) is 0. The zero-order valence-electron chi connectivity index (χ0n) is 6.24. The molecule has 0 saturated carbocycles. The fourth-order valence-electron chi connectivity index (χ4n) is 1.09. The van der Waals surface area contributed by atoms with Gasteiger partial charge >= 0.3 is 0 Å². The molecule has 1 N–H and O–H groups in total. The largest absolute Gasteiger partial charge is 0.463 e. The van der Waals surface area contributed by atoms with E-state index in [1.807, 2.05) is 6.07 Å². The minimum Gasteiger partial charge on any atom is -0.463 e. The highest BCUT2D eigenvalue weighted by molar-refractivity contribution is 5.61. The van der Waals surface area contributed by atoms with Crippen molar-refractivity contribution >= 4 is 0 Å². The summed E-state index contributed by atoms with van der Waals surface area (Å²) >= 11 is 0. The lowest BCUT2D eigenvalue weighted by atomic mass is 10.2. The van der Waals surface area contributed by atoms with Gasteiger partial charge in [0.25, 0.3) is 0 Å². The molecule has 0 aliphatic rings. The van der Waals surface area contributed by atoms with Crippen LogP contribution in [0.5, 0.6) is 0 Å². The molecular weight excluding hydrogens is 152 g/mol. The van der Waals surface area contributed by atoms with Gasteiger partial charge in [-0.05, 0) is 18.2 Å². The van der Waals surface area contributed by atoms with Gasteiger partial charge in [0.05, 0.1) is 17.5 Å². The number of aromatic nitrogens is 1. The zero-order valence-corrected chi connectivity index (χ0v) is 6.24. The van der Waals surface area contributed by atoms with Crippen molar-refractivity contribution < 1.29 is 4.42 Å².